The van der Waals surface area contributed by atoms with Gasteiger partial charge in [-0.25, -0.2) is 0 Å². The summed E-state index contributed by atoms with van der Waals surface area (Å²) < 4.78 is 0. The van der Waals surface area contributed by atoms with Crippen LogP contribution in [-0.4, -0.2) is 23.0 Å². The van der Waals surface area contributed by atoms with E-state index < -0.39 is 5.97 Å². The van der Waals surface area contributed by atoms with Gasteiger partial charge in [0, 0.05) is 12.5 Å². The molecule has 1 aliphatic carbocycles. The Kier molecular flexibility index (Phi) is 4.20. The smallest absolute Gasteiger partial charge is 0.303 e. The molecule has 1 amide bonds. The molecule has 0 radical (unpaired) electrons. The van der Waals surface area contributed by atoms with Gasteiger partial charge in [0.25, 0.3) is 0 Å². The lowest BCUT2D eigenvalue weighted by molar-refractivity contribution is -0.137. The first-order valence-corrected chi connectivity index (χ1v) is 6.68. The van der Waals surface area contributed by atoms with Crippen molar-refractivity contribution in [2.75, 3.05) is 0 Å². The molecule has 0 aromatic heterocycles. The standard InChI is InChI=1S/C15H19NO3/c1-10(6-9-14(17)18)16-15(19)13-8-7-11-4-2-3-5-12(11)13/h2-5,10,13H,6-9H2,1H3,(H,16,19)(H,17,18). The highest BCUT2D eigenvalue weighted by Gasteiger charge is 2.28. The number of nitrogens with one attached hydrogen (secondary N) is 1. The molecule has 0 spiro atoms. The lowest BCUT2D eigenvalue weighted by Gasteiger charge is -2.17. The van der Waals surface area contributed by atoms with Crippen molar-refractivity contribution in [1.29, 1.82) is 0 Å². The van der Waals surface area contributed by atoms with E-state index in [0.717, 1.165) is 18.4 Å². The van der Waals surface area contributed by atoms with Gasteiger partial charge in [-0.3, -0.25) is 9.59 Å². The molecule has 2 atom stereocenters. The lowest BCUT2D eigenvalue weighted by atomic mass is 10.00. The Hall–Kier alpha value is -1.84. The molecular weight excluding hydrogens is 242 g/mol. The zero-order chi connectivity index (χ0) is 13.8. The Morgan fingerprint density at radius 3 is 2.89 bits per heavy atom. The number of benzene rings is 1. The van der Waals surface area contributed by atoms with E-state index in [-0.39, 0.29) is 24.3 Å². The maximum absolute atomic E-state index is 12.2. The highest BCUT2D eigenvalue weighted by Crippen LogP contribution is 2.32. The maximum Gasteiger partial charge on any atom is 0.303 e. The summed E-state index contributed by atoms with van der Waals surface area (Å²) in [6.45, 7) is 1.85. The fourth-order valence-electron chi connectivity index (χ4n) is 2.59. The number of hydrogen-bond donors (Lipinski definition) is 2. The van der Waals surface area contributed by atoms with E-state index in [9.17, 15) is 9.59 Å². The number of amides is 1. The van der Waals surface area contributed by atoms with Crippen molar-refractivity contribution in [2.45, 2.75) is 44.6 Å². The number of hydrogen-bond acceptors (Lipinski definition) is 2. The zero-order valence-electron chi connectivity index (χ0n) is 11.1. The van der Waals surface area contributed by atoms with Gasteiger partial charge < -0.3 is 10.4 Å². The van der Waals surface area contributed by atoms with Crippen LogP contribution in [0.3, 0.4) is 0 Å². The molecule has 2 N–H and O–H groups in total. The predicted octanol–water partition coefficient (Wildman–Crippen LogP) is 2.09. The average Bonchev–Trinajstić information content (AvgIpc) is 2.80. The van der Waals surface area contributed by atoms with E-state index >= 15 is 0 Å². The summed E-state index contributed by atoms with van der Waals surface area (Å²) in [5.74, 6) is -0.890. The first kappa shape index (κ1) is 13.6. The Balaban J connectivity index is 1.93. The number of carboxylic acid groups (broad SMARTS) is 1. The van der Waals surface area contributed by atoms with Crippen LogP contribution < -0.4 is 5.32 Å². The molecule has 0 aliphatic heterocycles. The monoisotopic (exact) mass is 261 g/mol. The van der Waals surface area contributed by atoms with Crippen LogP contribution in [0.5, 0.6) is 0 Å². The molecule has 19 heavy (non-hydrogen) atoms. The molecule has 0 bridgehead atoms. The van der Waals surface area contributed by atoms with Gasteiger partial charge in [-0.2, -0.15) is 0 Å². The topological polar surface area (TPSA) is 66.4 Å². The molecule has 4 nitrogen and oxygen atoms in total. The minimum absolute atomic E-state index is 0.0165. The summed E-state index contributed by atoms with van der Waals surface area (Å²) in [5, 5.41) is 11.5. The van der Waals surface area contributed by atoms with Crippen LogP contribution in [0.15, 0.2) is 24.3 Å². The third-order valence-corrected chi connectivity index (χ3v) is 3.63. The van der Waals surface area contributed by atoms with E-state index in [1.807, 2.05) is 25.1 Å². The number of rotatable bonds is 5. The molecule has 0 saturated heterocycles. The first-order chi connectivity index (χ1) is 9.08. The van der Waals surface area contributed by atoms with Crippen LogP contribution >= 0.6 is 0 Å². The molecule has 0 heterocycles. The van der Waals surface area contributed by atoms with Gasteiger partial charge in [0.2, 0.25) is 5.91 Å². The maximum atomic E-state index is 12.2. The first-order valence-electron chi connectivity index (χ1n) is 6.68. The zero-order valence-corrected chi connectivity index (χ0v) is 11.1. The third kappa shape index (κ3) is 3.34. The fourth-order valence-corrected chi connectivity index (χ4v) is 2.59. The van der Waals surface area contributed by atoms with Crippen LogP contribution in [-0.2, 0) is 16.0 Å². The summed E-state index contributed by atoms with van der Waals surface area (Å²) >= 11 is 0. The van der Waals surface area contributed by atoms with Gasteiger partial charge in [0.05, 0.1) is 5.92 Å². The van der Waals surface area contributed by atoms with Gasteiger partial charge in [-0.1, -0.05) is 24.3 Å². The normalized spacial score (nSPS) is 18.7. The van der Waals surface area contributed by atoms with Crippen molar-refractivity contribution in [3.63, 3.8) is 0 Å². The van der Waals surface area contributed by atoms with Crippen molar-refractivity contribution in [3.8, 4) is 0 Å². The van der Waals surface area contributed by atoms with Crippen LogP contribution in [0.1, 0.15) is 43.2 Å². The van der Waals surface area contributed by atoms with Crippen LogP contribution in [0.2, 0.25) is 0 Å². The molecule has 1 aromatic carbocycles. The summed E-state index contributed by atoms with van der Waals surface area (Å²) in [6, 6.07) is 7.93. The SMILES string of the molecule is CC(CCC(=O)O)NC(=O)C1CCc2ccccc21. The molecule has 2 rings (SSSR count). The van der Waals surface area contributed by atoms with Gasteiger partial charge in [-0.05, 0) is 37.3 Å². The Bertz CT molecular complexity index is 484. The minimum atomic E-state index is -0.827. The van der Waals surface area contributed by atoms with Gasteiger partial charge in [0.1, 0.15) is 0 Å². The molecule has 0 saturated carbocycles. The summed E-state index contributed by atoms with van der Waals surface area (Å²) in [6.07, 6.45) is 2.34. The van der Waals surface area contributed by atoms with Gasteiger partial charge in [-0.15, -0.1) is 0 Å². The van der Waals surface area contributed by atoms with E-state index in [1.165, 1.54) is 5.56 Å². The van der Waals surface area contributed by atoms with Crippen molar-refractivity contribution in [1.82, 2.24) is 5.32 Å². The number of aliphatic carboxylic acids is 1. The second kappa shape index (κ2) is 5.87. The Morgan fingerprint density at radius 2 is 2.16 bits per heavy atom. The molecule has 1 aliphatic rings. The van der Waals surface area contributed by atoms with Gasteiger partial charge >= 0.3 is 5.97 Å². The molecule has 0 fully saturated rings. The molecule has 1 aromatic rings. The number of carboxylic acids is 1. The third-order valence-electron chi connectivity index (χ3n) is 3.63. The second-order valence-electron chi connectivity index (χ2n) is 5.13. The lowest BCUT2D eigenvalue weighted by Crippen LogP contribution is -2.36. The molecule has 4 heteroatoms. The fraction of sp³-hybridized carbons (Fsp3) is 0.467. The van der Waals surface area contributed by atoms with E-state index in [0.29, 0.717) is 6.42 Å². The minimum Gasteiger partial charge on any atom is -0.481 e. The largest absolute Gasteiger partial charge is 0.481 e. The summed E-state index contributed by atoms with van der Waals surface area (Å²) in [7, 11) is 0. The van der Waals surface area contributed by atoms with Gasteiger partial charge in [0.15, 0.2) is 0 Å². The van der Waals surface area contributed by atoms with Crippen LogP contribution in [0.25, 0.3) is 0 Å². The van der Waals surface area contributed by atoms with E-state index in [2.05, 4.69) is 11.4 Å². The molecule has 2 unspecified atom stereocenters. The van der Waals surface area contributed by atoms with Crippen molar-refractivity contribution in [3.05, 3.63) is 35.4 Å². The van der Waals surface area contributed by atoms with Crippen molar-refractivity contribution < 1.29 is 14.7 Å². The quantitative estimate of drug-likeness (QED) is 0.853. The van der Waals surface area contributed by atoms with E-state index in [1.54, 1.807) is 0 Å². The van der Waals surface area contributed by atoms with E-state index in [4.69, 9.17) is 5.11 Å². The predicted molar refractivity (Wildman–Crippen MR) is 72.0 cm³/mol. The molecular formula is C15H19NO3. The highest BCUT2D eigenvalue weighted by atomic mass is 16.4. The number of carbonyl (C=O) groups excluding carboxylic acids is 1. The highest BCUT2D eigenvalue weighted by molar-refractivity contribution is 5.85. The summed E-state index contributed by atoms with van der Waals surface area (Å²) in [4.78, 5) is 22.7. The number of fused-ring (bicyclic) bond motifs is 1. The Morgan fingerprint density at radius 1 is 1.42 bits per heavy atom. The number of aryl methyl sites for hydroxylation is 1. The molecule has 102 valence electrons. The van der Waals surface area contributed by atoms with Crippen molar-refractivity contribution in [2.24, 2.45) is 0 Å². The van der Waals surface area contributed by atoms with Crippen LogP contribution in [0, 0.1) is 0 Å². The summed E-state index contributed by atoms with van der Waals surface area (Å²) in [5.41, 5.74) is 2.37. The van der Waals surface area contributed by atoms with Crippen LogP contribution in [0.4, 0.5) is 0 Å². The number of carbonyl (C=O) groups is 2. The Labute approximate surface area is 112 Å². The van der Waals surface area contributed by atoms with Crippen molar-refractivity contribution >= 4 is 11.9 Å². The average molecular weight is 261 g/mol. The second-order valence-corrected chi connectivity index (χ2v) is 5.13.